The SMILES string of the molecule is O=C(O)N1COc2ccccc21. The molecule has 0 unspecified atom stereocenters. The van der Waals surface area contributed by atoms with Gasteiger partial charge in [0.1, 0.15) is 5.75 Å². The van der Waals surface area contributed by atoms with Crippen molar-refractivity contribution in [2.45, 2.75) is 0 Å². The first kappa shape index (κ1) is 6.97. The number of carboxylic acid groups (broad SMARTS) is 1. The van der Waals surface area contributed by atoms with Crippen LogP contribution < -0.4 is 9.64 Å². The van der Waals surface area contributed by atoms with Crippen LogP contribution in [0.25, 0.3) is 0 Å². The Morgan fingerprint density at radius 2 is 2.25 bits per heavy atom. The molecule has 1 heterocycles. The lowest BCUT2D eigenvalue weighted by Crippen LogP contribution is -2.27. The van der Waals surface area contributed by atoms with E-state index in [1.807, 2.05) is 6.07 Å². The molecular formula is C8H7NO3. The molecule has 4 nitrogen and oxygen atoms in total. The number of ether oxygens (including phenoxy) is 1. The molecule has 1 N–H and O–H groups in total. The molecule has 0 saturated heterocycles. The molecule has 0 aromatic heterocycles. The van der Waals surface area contributed by atoms with E-state index < -0.39 is 6.09 Å². The Bertz CT molecular complexity index is 324. The van der Waals surface area contributed by atoms with Crippen molar-refractivity contribution in [3.8, 4) is 5.75 Å². The van der Waals surface area contributed by atoms with Crippen LogP contribution in [0.2, 0.25) is 0 Å². The van der Waals surface area contributed by atoms with Crippen molar-refractivity contribution in [3.05, 3.63) is 24.3 Å². The van der Waals surface area contributed by atoms with Gasteiger partial charge in [-0.1, -0.05) is 12.1 Å². The average molecular weight is 165 g/mol. The van der Waals surface area contributed by atoms with Gasteiger partial charge in [0.25, 0.3) is 0 Å². The number of hydrogen-bond acceptors (Lipinski definition) is 2. The van der Waals surface area contributed by atoms with Crippen LogP contribution in [0.15, 0.2) is 24.3 Å². The summed E-state index contributed by atoms with van der Waals surface area (Å²) in [6.07, 6.45) is -0.986. The predicted octanol–water partition coefficient (Wildman–Crippen LogP) is 1.52. The van der Waals surface area contributed by atoms with Gasteiger partial charge in [-0.15, -0.1) is 0 Å². The quantitative estimate of drug-likeness (QED) is 0.634. The average Bonchev–Trinajstić information content (AvgIpc) is 2.47. The van der Waals surface area contributed by atoms with Crippen molar-refractivity contribution in [2.24, 2.45) is 0 Å². The van der Waals surface area contributed by atoms with Gasteiger partial charge in [-0.2, -0.15) is 0 Å². The van der Waals surface area contributed by atoms with Crippen LogP contribution in [0.3, 0.4) is 0 Å². The highest BCUT2D eigenvalue weighted by atomic mass is 16.5. The minimum Gasteiger partial charge on any atom is -0.470 e. The molecule has 1 aromatic carbocycles. The van der Waals surface area contributed by atoms with Crippen LogP contribution >= 0.6 is 0 Å². The van der Waals surface area contributed by atoms with Gasteiger partial charge in [-0.25, -0.2) is 9.69 Å². The van der Waals surface area contributed by atoms with Crippen LogP contribution in [0.1, 0.15) is 0 Å². The first-order valence-corrected chi connectivity index (χ1v) is 3.51. The van der Waals surface area contributed by atoms with Crippen LogP contribution in [-0.4, -0.2) is 17.9 Å². The van der Waals surface area contributed by atoms with Gasteiger partial charge in [-0.3, -0.25) is 0 Å². The summed E-state index contributed by atoms with van der Waals surface area (Å²) >= 11 is 0. The number of carbonyl (C=O) groups is 1. The molecular weight excluding hydrogens is 158 g/mol. The fourth-order valence-corrected chi connectivity index (χ4v) is 1.16. The summed E-state index contributed by atoms with van der Waals surface area (Å²) in [6, 6.07) is 7.06. The van der Waals surface area contributed by atoms with Crippen LogP contribution in [0, 0.1) is 0 Å². The van der Waals surface area contributed by atoms with Crippen LogP contribution in [-0.2, 0) is 0 Å². The molecule has 2 rings (SSSR count). The van der Waals surface area contributed by atoms with E-state index in [4.69, 9.17) is 9.84 Å². The molecule has 1 aliphatic heterocycles. The monoisotopic (exact) mass is 165 g/mol. The lowest BCUT2D eigenvalue weighted by molar-refractivity contribution is 0.197. The van der Waals surface area contributed by atoms with Crippen LogP contribution in [0.5, 0.6) is 5.75 Å². The smallest absolute Gasteiger partial charge is 0.414 e. The zero-order valence-corrected chi connectivity index (χ0v) is 6.23. The van der Waals surface area contributed by atoms with Gasteiger partial charge in [0.2, 0.25) is 0 Å². The van der Waals surface area contributed by atoms with Gasteiger partial charge < -0.3 is 9.84 Å². The fourth-order valence-electron chi connectivity index (χ4n) is 1.16. The number of rotatable bonds is 0. The number of benzene rings is 1. The fraction of sp³-hybridized carbons (Fsp3) is 0.125. The first-order chi connectivity index (χ1) is 5.79. The second-order valence-electron chi connectivity index (χ2n) is 2.45. The molecule has 0 atom stereocenters. The Hall–Kier alpha value is -1.71. The van der Waals surface area contributed by atoms with Gasteiger partial charge in [0.15, 0.2) is 6.73 Å². The van der Waals surface area contributed by atoms with Crippen molar-refractivity contribution in [2.75, 3.05) is 11.6 Å². The molecule has 0 spiro atoms. The zero-order valence-electron chi connectivity index (χ0n) is 6.23. The molecule has 12 heavy (non-hydrogen) atoms. The van der Waals surface area contributed by atoms with E-state index >= 15 is 0 Å². The Morgan fingerprint density at radius 1 is 1.50 bits per heavy atom. The molecule has 0 aliphatic carbocycles. The molecule has 1 aromatic rings. The molecule has 0 radical (unpaired) electrons. The summed E-state index contributed by atoms with van der Waals surface area (Å²) in [5, 5.41) is 8.71. The second kappa shape index (κ2) is 2.41. The maximum Gasteiger partial charge on any atom is 0.414 e. The molecule has 1 aliphatic rings. The van der Waals surface area contributed by atoms with E-state index in [1.165, 1.54) is 0 Å². The molecule has 1 amide bonds. The molecule has 4 heteroatoms. The highest BCUT2D eigenvalue weighted by Gasteiger charge is 2.24. The third kappa shape index (κ3) is 0.887. The number of fused-ring (bicyclic) bond motifs is 1. The molecule has 0 bridgehead atoms. The zero-order chi connectivity index (χ0) is 8.55. The summed E-state index contributed by atoms with van der Waals surface area (Å²) in [6.45, 7) is 0.0919. The molecule has 0 fully saturated rings. The second-order valence-corrected chi connectivity index (χ2v) is 2.45. The van der Waals surface area contributed by atoms with Crippen molar-refractivity contribution < 1.29 is 14.6 Å². The predicted molar refractivity (Wildman–Crippen MR) is 42.4 cm³/mol. The number of amides is 1. The lowest BCUT2D eigenvalue weighted by atomic mass is 10.3. The summed E-state index contributed by atoms with van der Waals surface area (Å²) in [5.41, 5.74) is 0.616. The Kier molecular flexibility index (Phi) is 1.40. The Balaban J connectivity index is 2.42. The van der Waals surface area contributed by atoms with E-state index in [-0.39, 0.29) is 6.73 Å². The van der Waals surface area contributed by atoms with Crippen molar-refractivity contribution >= 4 is 11.8 Å². The first-order valence-electron chi connectivity index (χ1n) is 3.51. The maximum absolute atomic E-state index is 10.6. The van der Waals surface area contributed by atoms with Crippen molar-refractivity contribution in [1.82, 2.24) is 0 Å². The van der Waals surface area contributed by atoms with Gasteiger partial charge in [0.05, 0.1) is 5.69 Å². The number of nitrogens with zero attached hydrogens (tertiary/aromatic N) is 1. The standard InChI is InChI=1S/C8H7NO3/c10-8(11)9-5-12-7-4-2-1-3-6(7)9/h1-4H,5H2,(H,10,11). The van der Waals surface area contributed by atoms with E-state index in [2.05, 4.69) is 0 Å². The minimum atomic E-state index is -0.986. The molecule has 0 saturated carbocycles. The Morgan fingerprint density at radius 3 is 3.00 bits per heavy atom. The van der Waals surface area contributed by atoms with Gasteiger partial charge in [0, 0.05) is 0 Å². The van der Waals surface area contributed by atoms with Crippen LogP contribution in [0.4, 0.5) is 10.5 Å². The Labute approximate surface area is 69.0 Å². The third-order valence-electron chi connectivity index (χ3n) is 1.74. The van der Waals surface area contributed by atoms with Gasteiger partial charge >= 0.3 is 6.09 Å². The topological polar surface area (TPSA) is 49.8 Å². The number of anilines is 1. The minimum absolute atomic E-state index is 0.0919. The summed E-state index contributed by atoms with van der Waals surface area (Å²) < 4.78 is 5.12. The summed E-state index contributed by atoms with van der Waals surface area (Å²) in [7, 11) is 0. The number of hydrogen-bond donors (Lipinski definition) is 1. The highest BCUT2D eigenvalue weighted by Crippen LogP contribution is 2.32. The molecule has 62 valence electrons. The van der Waals surface area contributed by atoms with Crippen molar-refractivity contribution in [3.63, 3.8) is 0 Å². The van der Waals surface area contributed by atoms with E-state index in [9.17, 15) is 4.79 Å². The lowest BCUT2D eigenvalue weighted by Gasteiger charge is -2.07. The van der Waals surface area contributed by atoms with Crippen molar-refractivity contribution in [1.29, 1.82) is 0 Å². The van der Waals surface area contributed by atoms with E-state index in [0.717, 1.165) is 4.90 Å². The third-order valence-corrected chi connectivity index (χ3v) is 1.74. The van der Waals surface area contributed by atoms with E-state index in [1.54, 1.807) is 18.2 Å². The van der Waals surface area contributed by atoms with E-state index in [0.29, 0.717) is 11.4 Å². The summed E-state index contributed by atoms with van der Waals surface area (Å²) in [5.74, 6) is 0.625. The highest BCUT2D eigenvalue weighted by molar-refractivity contribution is 5.89. The number of para-hydroxylation sites is 2. The largest absolute Gasteiger partial charge is 0.470 e. The van der Waals surface area contributed by atoms with Gasteiger partial charge in [-0.05, 0) is 12.1 Å². The maximum atomic E-state index is 10.6. The summed E-state index contributed by atoms with van der Waals surface area (Å²) in [4.78, 5) is 11.8. The normalized spacial score (nSPS) is 13.8.